The highest BCUT2D eigenvalue weighted by Crippen LogP contribution is 2.12. The third kappa shape index (κ3) is 3.21. The number of rotatable bonds is 3. The maximum Gasteiger partial charge on any atom is 0.230 e. The summed E-state index contributed by atoms with van der Waals surface area (Å²) in [7, 11) is 0.543. The van der Waals surface area contributed by atoms with E-state index in [9.17, 15) is 8.42 Å². The van der Waals surface area contributed by atoms with Crippen LogP contribution in [0.4, 0.5) is 11.5 Å². The van der Waals surface area contributed by atoms with Crippen LogP contribution in [0.3, 0.4) is 0 Å². The number of hydrogen-bond acceptors (Lipinski definition) is 4. The fourth-order valence-corrected chi connectivity index (χ4v) is 1.40. The first-order valence-electron chi connectivity index (χ1n) is 3.99. The van der Waals surface area contributed by atoms with Crippen molar-refractivity contribution in [1.82, 2.24) is 4.98 Å². The van der Waals surface area contributed by atoms with Crippen LogP contribution < -0.4 is 9.62 Å². The van der Waals surface area contributed by atoms with Gasteiger partial charge in [-0.2, -0.15) is 0 Å². The van der Waals surface area contributed by atoms with Crippen molar-refractivity contribution in [2.75, 3.05) is 30.0 Å². The second kappa shape index (κ2) is 3.83. The summed E-state index contributed by atoms with van der Waals surface area (Å²) in [6.45, 7) is 0. The Morgan fingerprint density at radius 2 is 2.00 bits per heavy atom. The molecule has 0 unspecified atom stereocenters. The van der Waals surface area contributed by atoms with E-state index in [1.54, 1.807) is 18.3 Å². The summed E-state index contributed by atoms with van der Waals surface area (Å²) in [5.74, 6) is 0.332. The number of aromatic nitrogens is 1. The minimum atomic E-state index is -3.24. The maximum atomic E-state index is 10.9. The molecule has 5 nitrogen and oxygen atoms in total. The Balaban J connectivity index is 2.84. The molecule has 6 heteroatoms. The molecule has 0 aliphatic rings. The number of pyridine rings is 1. The van der Waals surface area contributed by atoms with Gasteiger partial charge in [0.05, 0.1) is 18.1 Å². The van der Waals surface area contributed by atoms with Crippen molar-refractivity contribution in [3.63, 3.8) is 0 Å². The zero-order valence-corrected chi connectivity index (χ0v) is 9.17. The summed E-state index contributed by atoms with van der Waals surface area (Å²) in [4.78, 5) is 5.84. The Morgan fingerprint density at radius 1 is 1.36 bits per heavy atom. The summed E-state index contributed by atoms with van der Waals surface area (Å²) in [6.07, 6.45) is 2.70. The van der Waals surface area contributed by atoms with Crippen molar-refractivity contribution < 1.29 is 8.42 Å². The molecule has 14 heavy (non-hydrogen) atoms. The van der Waals surface area contributed by atoms with Gasteiger partial charge in [0, 0.05) is 14.1 Å². The number of nitrogens with one attached hydrogen (secondary N) is 1. The standard InChI is InChI=1S/C8H13N3O2S/c1-11(2)7-4-5-8(9-6-7)10-14(3,12)13/h4-6H,1-3H3,(H,9,10). The van der Waals surface area contributed by atoms with Gasteiger partial charge in [-0.05, 0) is 12.1 Å². The van der Waals surface area contributed by atoms with Gasteiger partial charge < -0.3 is 4.90 Å². The molecule has 0 radical (unpaired) electrons. The molecule has 0 saturated heterocycles. The quantitative estimate of drug-likeness (QED) is 0.798. The molecule has 1 aromatic rings. The minimum Gasteiger partial charge on any atom is -0.376 e. The van der Waals surface area contributed by atoms with Gasteiger partial charge in [0.2, 0.25) is 10.0 Å². The zero-order valence-electron chi connectivity index (χ0n) is 8.35. The van der Waals surface area contributed by atoms with Crippen LogP contribution in [0.15, 0.2) is 18.3 Å². The van der Waals surface area contributed by atoms with Gasteiger partial charge in [0.25, 0.3) is 0 Å². The van der Waals surface area contributed by atoms with Gasteiger partial charge >= 0.3 is 0 Å². The summed E-state index contributed by atoms with van der Waals surface area (Å²) in [6, 6.07) is 3.41. The Hall–Kier alpha value is -1.30. The largest absolute Gasteiger partial charge is 0.376 e. The highest BCUT2D eigenvalue weighted by molar-refractivity contribution is 7.92. The van der Waals surface area contributed by atoms with Crippen molar-refractivity contribution >= 4 is 21.5 Å². The first-order valence-corrected chi connectivity index (χ1v) is 5.89. The molecule has 0 aliphatic heterocycles. The smallest absolute Gasteiger partial charge is 0.230 e. The molecule has 1 heterocycles. The van der Waals surface area contributed by atoms with E-state index in [4.69, 9.17) is 0 Å². The molecule has 0 aliphatic carbocycles. The van der Waals surface area contributed by atoms with Crippen molar-refractivity contribution in [2.45, 2.75) is 0 Å². The van der Waals surface area contributed by atoms with Gasteiger partial charge in [-0.15, -0.1) is 0 Å². The summed E-state index contributed by atoms with van der Waals surface area (Å²) in [5, 5.41) is 0. The van der Waals surface area contributed by atoms with Crippen LogP contribution in [0.25, 0.3) is 0 Å². The molecule has 78 valence electrons. The van der Waals surface area contributed by atoms with Gasteiger partial charge in [-0.1, -0.05) is 0 Å². The van der Waals surface area contributed by atoms with E-state index in [1.807, 2.05) is 19.0 Å². The Labute approximate surface area is 83.8 Å². The van der Waals surface area contributed by atoms with Crippen LogP contribution in [0.5, 0.6) is 0 Å². The van der Waals surface area contributed by atoms with Crippen LogP contribution in [0, 0.1) is 0 Å². The first-order chi connectivity index (χ1) is 6.38. The zero-order chi connectivity index (χ0) is 10.8. The van der Waals surface area contributed by atoms with Gasteiger partial charge in [0.1, 0.15) is 5.82 Å². The fraction of sp³-hybridized carbons (Fsp3) is 0.375. The minimum absolute atomic E-state index is 0.332. The van der Waals surface area contributed by atoms with E-state index in [0.717, 1.165) is 11.9 Å². The molecule has 1 rings (SSSR count). The van der Waals surface area contributed by atoms with Gasteiger partial charge in [0.15, 0.2) is 0 Å². The second-order valence-corrected chi connectivity index (χ2v) is 4.92. The van der Waals surface area contributed by atoms with Crippen molar-refractivity contribution in [2.24, 2.45) is 0 Å². The molecule has 0 fully saturated rings. The lowest BCUT2D eigenvalue weighted by Gasteiger charge is -2.11. The Morgan fingerprint density at radius 3 is 2.36 bits per heavy atom. The highest BCUT2D eigenvalue weighted by Gasteiger charge is 2.02. The van der Waals surface area contributed by atoms with E-state index < -0.39 is 10.0 Å². The number of nitrogens with zero attached hydrogens (tertiary/aromatic N) is 2. The fourth-order valence-electron chi connectivity index (χ4n) is 0.901. The van der Waals surface area contributed by atoms with Crippen molar-refractivity contribution in [1.29, 1.82) is 0 Å². The summed E-state index contributed by atoms with van der Waals surface area (Å²) < 4.78 is 24.0. The topological polar surface area (TPSA) is 62.3 Å². The molecule has 1 N–H and O–H groups in total. The molecule has 1 aromatic heterocycles. The monoisotopic (exact) mass is 215 g/mol. The van der Waals surface area contributed by atoms with E-state index in [1.165, 1.54) is 0 Å². The molecule has 0 saturated carbocycles. The summed E-state index contributed by atoms with van der Waals surface area (Å²) in [5.41, 5.74) is 0.920. The summed E-state index contributed by atoms with van der Waals surface area (Å²) >= 11 is 0. The van der Waals surface area contributed by atoms with E-state index in [2.05, 4.69) is 9.71 Å². The van der Waals surface area contributed by atoms with Crippen LogP contribution in [0.2, 0.25) is 0 Å². The average Bonchev–Trinajstić information content (AvgIpc) is 2.02. The van der Waals surface area contributed by atoms with Crippen LogP contribution in [0.1, 0.15) is 0 Å². The Bertz CT molecular complexity index is 397. The highest BCUT2D eigenvalue weighted by atomic mass is 32.2. The first kappa shape index (κ1) is 10.8. The van der Waals surface area contributed by atoms with Crippen LogP contribution in [-0.4, -0.2) is 33.8 Å². The lowest BCUT2D eigenvalue weighted by Crippen LogP contribution is -2.12. The predicted octanol–water partition coefficient (Wildman–Crippen LogP) is 0.519. The van der Waals surface area contributed by atoms with E-state index in [-0.39, 0.29) is 0 Å². The lowest BCUT2D eigenvalue weighted by molar-refractivity contribution is 0.606. The molecule has 0 spiro atoms. The predicted molar refractivity (Wildman–Crippen MR) is 57.0 cm³/mol. The van der Waals surface area contributed by atoms with Crippen molar-refractivity contribution in [3.8, 4) is 0 Å². The van der Waals surface area contributed by atoms with Crippen LogP contribution in [-0.2, 0) is 10.0 Å². The average molecular weight is 215 g/mol. The number of sulfonamides is 1. The van der Waals surface area contributed by atoms with E-state index >= 15 is 0 Å². The second-order valence-electron chi connectivity index (χ2n) is 3.17. The van der Waals surface area contributed by atoms with Gasteiger partial charge in [-0.25, -0.2) is 13.4 Å². The molecule has 0 atom stereocenters. The molecule has 0 bridgehead atoms. The number of anilines is 2. The third-order valence-electron chi connectivity index (χ3n) is 1.55. The third-order valence-corrected chi connectivity index (χ3v) is 2.13. The normalized spacial score (nSPS) is 11.1. The maximum absolute atomic E-state index is 10.9. The number of hydrogen-bond donors (Lipinski definition) is 1. The van der Waals surface area contributed by atoms with E-state index in [0.29, 0.717) is 5.82 Å². The Kier molecular flexibility index (Phi) is 2.95. The van der Waals surface area contributed by atoms with Crippen LogP contribution >= 0.6 is 0 Å². The lowest BCUT2D eigenvalue weighted by atomic mass is 10.4. The molecular formula is C8H13N3O2S. The molecule has 0 aromatic carbocycles. The molecular weight excluding hydrogens is 202 g/mol. The van der Waals surface area contributed by atoms with Gasteiger partial charge in [-0.3, -0.25) is 4.72 Å². The SMILES string of the molecule is CN(C)c1ccc(NS(C)(=O)=O)nc1. The molecule has 0 amide bonds. The van der Waals surface area contributed by atoms with Crippen molar-refractivity contribution in [3.05, 3.63) is 18.3 Å².